The van der Waals surface area contributed by atoms with Crippen LogP contribution in [0.2, 0.25) is 0 Å². The highest BCUT2D eigenvalue weighted by atomic mass is 32.2. The first-order valence-corrected chi connectivity index (χ1v) is 9.83. The van der Waals surface area contributed by atoms with E-state index in [-0.39, 0.29) is 15.8 Å². The van der Waals surface area contributed by atoms with Crippen LogP contribution in [-0.4, -0.2) is 34.2 Å². The Morgan fingerprint density at radius 2 is 1.52 bits per heavy atom. The van der Waals surface area contributed by atoms with E-state index < -0.39 is 20.0 Å². The number of primary sulfonamides is 1. The van der Waals surface area contributed by atoms with Crippen LogP contribution in [0.3, 0.4) is 0 Å². The molecule has 1 saturated carbocycles. The van der Waals surface area contributed by atoms with Gasteiger partial charge in [0, 0.05) is 13.1 Å². The molecule has 0 aromatic heterocycles. The van der Waals surface area contributed by atoms with Crippen molar-refractivity contribution in [3.8, 4) is 0 Å². The summed E-state index contributed by atoms with van der Waals surface area (Å²) in [5.74, 6) is 0. The van der Waals surface area contributed by atoms with E-state index in [0.717, 1.165) is 32.1 Å². The van der Waals surface area contributed by atoms with Gasteiger partial charge in [-0.3, -0.25) is 0 Å². The fraction of sp³-hybridized carbons (Fsp3) is 0.538. The molecule has 1 aromatic carbocycles. The molecule has 0 unspecified atom stereocenters. The minimum Gasteiger partial charge on any atom is -0.225 e. The summed E-state index contributed by atoms with van der Waals surface area (Å²) in [6, 6.07) is 5.37. The lowest BCUT2D eigenvalue weighted by atomic mass is 9.96. The van der Waals surface area contributed by atoms with Crippen LogP contribution in [0.25, 0.3) is 0 Å². The van der Waals surface area contributed by atoms with Crippen molar-refractivity contribution in [2.24, 2.45) is 5.14 Å². The minimum atomic E-state index is -4.09. The van der Waals surface area contributed by atoms with Crippen LogP contribution >= 0.6 is 0 Å². The number of nitrogens with two attached hydrogens (primary N) is 1. The number of rotatable bonds is 4. The second kappa shape index (κ2) is 6.04. The maximum absolute atomic E-state index is 12.7. The molecule has 2 N–H and O–H groups in total. The Labute approximate surface area is 126 Å². The molecule has 8 heteroatoms. The summed E-state index contributed by atoms with van der Waals surface area (Å²) in [6.45, 7) is 0. The largest absolute Gasteiger partial charge is 0.244 e. The van der Waals surface area contributed by atoms with Gasteiger partial charge in [-0.05, 0) is 25.0 Å². The number of hydrogen-bond donors (Lipinski definition) is 1. The van der Waals surface area contributed by atoms with Gasteiger partial charge in [-0.1, -0.05) is 31.4 Å². The molecule has 1 aliphatic carbocycles. The predicted octanol–water partition coefficient (Wildman–Crippen LogP) is 1.29. The van der Waals surface area contributed by atoms with Crippen LogP contribution in [0.1, 0.15) is 32.1 Å². The zero-order chi connectivity index (χ0) is 15.7. The van der Waals surface area contributed by atoms with Gasteiger partial charge >= 0.3 is 0 Å². The van der Waals surface area contributed by atoms with Gasteiger partial charge in [0.15, 0.2) is 0 Å². The average Bonchev–Trinajstić information content (AvgIpc) is 2.46. The van der Waals surface area contributed by atoms with E-state index in [1.54, 1.807) is 0 Å². The van der Waals surface area contributed by atoms with Crippen LogP contribution in [0, 0.1) is 0 Å². The molecule has 2 rings (SSSR count). The zero-order valence-corrected chi connectivity index (χ0v) is 13.5. The van der Waals surface area contributed by atoms with Gasteiger partial charge < -0.3 is 0 Å². The van der Waals surface area contributed by atoms with Crippen molar-refractivity contribution in [1.29, 1.82) is 0 Å². The summed E-state index contributed by atoms with van der Waals surface area (Å²) in [5, 5.41) is 5.12. The summed E-state index contributed by atoms with van der Waals surface area (Å²) < 4.78 is 49.9. The molecule has 0 heterocycles. The third-order valence-corrected chi connectivity index (χ3v) is 6.97. The zero-order valence-electron chi connectivity index (χ0n) is 11.9. The lowest BCUT2D eigenvalue weighted by Gasteiger charge is -2.30. The first kappa shape index (κ1) is 16.4. The Hall–Kier alpha value is -0.960. The van der Waals surface area contributed by atoms with Gasteiger partial charge in [0.05, 0.1) is 0 Å². The third kappa shape index (κ3) is 3.45. The Morgan fingerprint density at radius 1 is 1.00 bits per heavy atom. The van der Waals surface area contributed by atoms with Crippen molar-refractivity contribution in [3.63, 3.8) is 0 Å². The van der Waals surface area contributed by atoms with E-state index in [1.165, 1.54) is 35.6 Å². The van der Waals surface area contributed by atoms with Gasteiger partial charge in [-0.2, -0.15) is 4.31 Å². The van der Waals surface area contributed by atoms with Crippen molar-refractivity contribution in [3.05, 3.63) is 24.3 Å². The highest BCUT2D eigenvalue weighted by molar-refractivity contribution is 7.92. The predicted molar refractivity (Wildman–Crippen MR) is 79.6 cm³/mol. The van der Waals surface area contributed by atoms with Gasteiger partial charge in [-0.25, -0.2) is 22.0 Å². The molecule has 1 aromatic rings. The SMILES string of the molecule is CN(C1CCCCC1)S(=O)(=O)c1ccccc1S(N)(=O)=O. The molecule has 1 aliphatic rings. The Balaban J connectivity index is 2.45. The van der Waals surface area contributed by atoms with E-state index in [1.807, 2.05) is 0 Å². The van der Waals surface area contributed by atoms with E-state index >= 15 is 0 Å². The molecular weight excluding hydrogens is 312 g/mol. The molecular formula is C13H20N2O4S2. The fourth-order valence-electron chi connectivity index (χ4n) is 2.69. The van der Waals surface area contributed by atoms with Gasteiger partial charge in [-0.15, -0.1) is 0 Å². The van der Waals surface area contributed by atoms with E-state index in [2.05, 4.69) is 0 Å². The first-order chi connectivity index (χ1) is 9.74. The molecule has 0 atom stereocenters. The van der Waals surface area contributed by atoms with Crippen LogP contribution in [0.5, 0.6) is 0 Å². The lowest BCUT2D eigenvalue weighted by molar-refractivity contribution is 0.285. The highest BCUT2D eigenvalue weighted by Crippen LogP contribution is 2.28. The molecule has 118 valence electrons. The van der Waals surface area contributed by atoms with Crippen molar-refractivity contribution in [1.82, 2.24) is 4.31 Å². The smallest absolute Gasteiger partial charge is 0.225 e. The fourth-order valence-corrected chi connectivity index (χ4v) is 5.46. The molecule has 0 spiro atoms. The van der Waals surface area contributed by atoms with Crippen molar-refractivity contribution >= 4 is 20.0 Å². The summed E-state index contributed by atoms with van der Waals surface area (Å²) in [4.78, 5) is -0.603. The number of hydrogen-bond acceptors (Lipinski definition) is 4. The van der Waals surface area contributed by atoms with E-state index in [0.29, 0.717) is 0 Å². The van der Waals surface area contributed by atoms with E-state index in [4.69, 9.17) is 5.14 Å². The van der Waals surface area contributed by atoms with Crippen molar-refractivity contribution in [2.75, 3.05) is 7.05 Å². The number of sulfonamides is 2. The molecule has 0 radical (unpaired) electrons. The summed E-state index contributed by atoms with van der Waals surface area (Å²) in [6.07, 6.45) is 4.68. The van der Waals surface area contributed by atoms with Crippen LogP contribution in [0.4, 0.5) is 0 Å². The van der Waals surface area contributed by atoms with Gasteiger partial charge in [0.2, 0.25) is 20.0 Å². The normalized spacial score (nSPS) is 18.0. The average molecular weight is 332 g/mol. The molecule has 1 fully saturated rings. The van der Waals surface area contributed by atoms with Crippen molar-refractivity contribution in [2.45, 2.75) is 47.9 Å². The Morgan fingerprint density at radius 3 is 2.05 bits per heavy atom. The Bertz CT molecular complexity index is 707. The Kier molecular flexibility index (Phi) is 4.72. The van der Waals surface area contributed by atoms with Crippen molar-refractivity contribution < 1.29 is 16.8 Å². The van der Waals surface area contributed by atoms with E-state index in [9.17, 15) is 16.8 Å². The molecule has 0 saturated heterocycles. The quantitative estimate of drug-likeness (QED) is 0.898. The minimum absolute atomic E-state index is 0.0858. The maximum atomic E-state index is 12.7. The number of nitrogens with zero attached hydrogens (tertiary/aromatic N) is 1. The number of benzene rings is 1. The molecule has 0 amide bonds. The first-order valence-electron chi connectivity index (χ1n) is 6.84. The molecule has 0 bridgehead atoms. The van der Waals surface area contributed by atoms with Crippen LogP contribution in [-0.2, 0) is 20.0 Å². The van der Waals surface area contributed by atoms with Crippen LogP contribution < -0.4 is 5.14 Å². The maximum Gasteiger partial charge on any atom is 0.244 e. The second-order valence-corrected chi connectivity index (χ2v) is 8.80. The summed E-state index contributed by atoms with van der Waals surface area (Å²) in [7, 11) is -6.46. The summed E-state index contributed by atoms with van der Waals surface area (Å²) in [5.41, 5.74) is 0. The van der Waals surface area contributed by atoms with Gasteiger partial charge in [0.25, 0.3) is 0 Å². The summed E-state index contributed by atoms with van der Waals surface area (Å²) >= 11 is 0. The molecule has 0 aliphatic heterocycles. The standard InChI is InChI=1S/C13H20N2O4S2/c1-15(11-7-3-2-4-8-11)21(18,19)13-10-6-5-9-12(13)20(14,16)17/h5-6,9-11H,2-4,7-8H2,1H3,(H2,14,16,17). The second-order valence-electron chi connectivity index (χ2n) is 5.30. The van der Waals surface area contributed by atoms with Gasteiger partial charge in [0.1, 0.15) is 9.79 Å². The monoisotopic (exact) mass is 332 g/mol. The topological polar surface area (TPSA) is 97.5 Å². The highest BCUT2D eigenvalue weighted by Gasteiger charge is 2.32. The lowest BCUT2D eigenvalue weighted by Crippen LogP contribution is -2.38. The molecule has 21 heavy (non-hydrogen) atoms. The third-order valence-electron chi connectivity index (χ3n) is 3.90. The van der Waals surface area contributed by atoms with Crippen LogP contribution in [0.15, 0.2) is 34.1 Å². The molecule has 6 nitrogen and oxygen atoms in total.